The zero-order valence-corrected chi connectivity index (χ0v) is 50.3. The molecule has 10 N–H and O–H groups in total. The number of ether oxygens (including phenoxy) is 5. The second-order valence-electron chi connectivity index (χ2n) is 21.4. The number of unbranched alkanes of at least 4 members (excludes halogenated alkanes) is 1. The second-order valence-corrected chi connectivity index (χ2v) is 22.4. The minimum absolute atomic E-state index is 0.0845. The lowest BCUT2D eigenvalue weighted by atomic mass is 9.83. The number of amides is 8. The van der Waals surface area contributed by atoms with Crippen LogP contribution in [0, 0.1) is 18.8 Å². The van der Waals surface area contributed by atoms with Crippen LogP contribution in [0.4, 0.5) is 31.4 Å². The molecule has 0 aromatic heterocycles. The summed E-state index contributed by atoms with van der Waals surface area (Å²) in [5.41, 5.74) is 5.47. The van der Waals surface area contributed by atoms with Crippen LogP contribution >= 0.6 is 27.5 Å². The van der Waals surface area contributed by atoms with Gasteiger partial charge >= 0.3 is 18.2 Å². The molecule has 2 aromatic carbocycles. The first-order valence-electron chi connectivity index (χ1n) is 27.1. The maximum absolute atomic E-state index is 14.4. The summed E-state index contributed by atoms with van der Waals surface area (Å²) >= 11 is 10.0. The van der Waals surface area contributed by atoms with Crippen LogP contribution in [0.3, 0.4) is 0 Å². The van der Waals surface area contributed by atoms with Gasteiger partial charge in [-0.05, 0) is 107 Å². The van der Waals surface area contributed by atoms with Crippen molar-refractivity contribution in [1.82, 2.24) is 26.6 Å². The maximum Gasteiger partial charge on any atom is 0.412 e. The number of aryl methyl sites for hydroxylation is 1. The summed E-state index contributed by atoms with van der Waals surface area (Å²) in [6.07, 6.45) is 1.88. The molecule has 0 aliphatic carbocycles. The lowest BCUT2D eigenvalue weighted by Crippen LogP contribution is -2.63. The van der Waals surface area contributed by atoms with Crippen molar-refractivity contribution in [2.45, 2.75) is 147 Å². The van der Waals surface area contributed by atoms with E-state index in [-0.39, 0.29) is 48.3 Å². The zero-order chi connectivity index (χ0) is 60.6. The highest BCUT2D eigenvalue weighted by atomic mass is 79.9. The molecule has 0 radical (unpaired) electrons. The quantitative estimate of drug-likeness (QED) is 0.0203. The molecule has 10 atom stereocenters. The Hall–Kier alpha value is -6.57. The highest BCUT2D eigenvalue weighted by Crippen LogP contribution is 2.49. The molecule has 0 spiro atoms. The van der Waals surface area contributed by atoms with Crippen molar-refractivity contribution in [3.8, 4) is 5.75 Å². The fraction of sp³-hybridized carbons (Fsp3) is 0.544. The number of nitrogens with one attached hydrogen (secondary N) is 7. The van der Waals surface area contributed by atoms with Crippen LogP contribution < -0.4 is 52.6 Å². The third kappa shape index (κ3) is 18.0. The number of anilines is 3. The Bertz CT molecular complexity index is 2750. The number of halogens is 2. The van der Waals surface area contributed by atoms with Crippen molar-refractivity contribution in [1.29, 1.82) is 0 Å². The van der Waals surface area contributed by atoms with Crippen molar-refractivity contribution in [3.63, 3.8) is 0 Å². The number of carbonyl (C=O) groups excluding carboxylic acids is 8. The topological polar surface area (TPSA) is 320 Å². The third-order valence-electron chi connectivity index (χ3n) is 14.7. The summed E-state index contributed by atoms with van der Waals surface area (Å²) < 4.78 is 29.5. The SMILES string of the molecule is C=C(CBr)C(=O)NCCCCC(C=O)N[C@H](C(=O)N[C@@H](CCCNC(N)=O)C(=O)Nc1ccc(NC(=O)O[C@H]2CC(=O)N(C)c3cc(cc(OC)c3Cl)C/C(C)=C/C=C/[C@@H](OC)[C@@]3(O)C[C@H](OC(=O)N3)[C@@H](C)[C@@H]3O[C@@]23C)c(C)c1)C(C)C. The molecule has 0 saturated carbocycles. The number of fused-ring (bicyclic) bond motifs is 5. The summed E-state index contributed by atoms with van der Waals surface area (Å²) in [6.45, 7) is 14.8. The predicted molar refractivity (Wildman–Crippen MR) is 313 cm³/mol. The number of nitrogens with two attached hydrogens (primary N) is 1. The molecule has 3 aliphatic heterocycles. The van der Waals surface area contributed by atoms with Gasteiger partial charge in [-0.25, -0.2) is 14.4 Å². The summed E-state index contributed by atoms with van der Waals surface area (Å²) in [6, 6.07) is 4.71. The van der Waals surface area contributed by atoms with Gasteiger partial charge in [-0.1, -0.05) is 78.7 Å². The molecule has 2 saturated heterocycles. The van der Waals surface area contributed by atoms with Gasteiger partial charge in [0.2, 0.25) is 23.6 Å². The van der Waals surface area contributed by atoms with E-state index in [1.807, 2.05) is 13.0 Å². The number of urea groups is 1. The Morgan fingerprint density at radius 3 is 2.40 bits per heavy atom. The fourth-order valence-electron chi connectivity index (χ4n) is 9.90. The number of allylic oxidation sites excluding steroid dienone is 3. The lowest BCUT2D eigenvalue weighted by molar-refractivity contribution is -0.142. The van der Waals surface area contributed by atoms with E-state index in [0.717, 1.165) is 17.4 Å². The van der Waals surface area contributed by atoms with E-state index in [0.29, 0.717) is 65.8 Å². The van der Waals surface area contributed by atoms with Gasteiger partial charge in [0.15, 0.2) is 5.72 Å². The first-order chi connectivity index (χ1) is 38.8. The van der Waals surface area contributed by atoms with E-state index in [1.165, 1.54) is 31.3 Å². The number of benzene rings is 2. The number of alkyl halides is 1. The number of carbonyl (C=O) groups is 8. The average molecular weight is 1230 g/mol. The third-order valence-corrected chi connectivity index (χ3v) is 15.8. The molecule has 1 unspecified atom stereocenters. The molecule has 23 nitrogen and oxygen atoms in total. The number of nitrogens with zero attached hydrogens (tertiary/aromatic N) is 1. The Labute approximate surface area is 492 Å². The number of aldehydes is 1. The van der Waals surface area contributed by atoms with Crippen LogP contribution in [-0.2, 0) is 49.3 Å². The van der Waals surface area contributed by atoms with Gasteiger partial charge in [0.05, 0.1) is 37.4 Å². The number of primary amides is 1. The molecular weight excluding hydrogens is 1150 g/mol. The van der Waals surface area contributed by atoms with Gasteiger partial charge in [-0.2, -0.15) is 0 Å². The van der Waals surface area contributed by atoms with E-state index in [1.54, 1.807) is 72.0 Å². The summed E-state index contributed by atoms with van der Waals surface area (Å²) in [7, 11) is 4.41. The summed E-state index contributed by atoms with van der Waals surface area (Å²) in [4.78, 5) is 107. The molecule has 8 amide bonds. The highest BCUT2D eigenvalue weighted by molar-refractivity contribution is 9.09. The number of methoxy groups -OCH3 is 2. The van der Waals surface area contributed by atoms with Crippen LogP contribution in [0.15, 0.2) is 66.3 Å². The Balaban J connectivity index is 1.34. The zero-order valence-electron chi connectivity index (χ0n) is 47.9. The number of hydrogen-bond acceptors (Lipinski definition) is 15. The van der Waals surface area contributed by atoms with Gasteiger partial charge in [-0.15, -0.1) is 0 Å². The Morgan fingerprint density at radius 2 is 1.76 bits per heavy atom. The highest BCUT2D eigenvalue weighted by Gasteiger charge is 2.64. The van der Waals surface area contributed by atoms with E-state index < -0.39 is 102 Å². The number of rotatable bonds is 23. The van der Waals surface area contributed by atoms with Crippen LogP contribution in [-0.4, -0.2) is 147 Å². The van der Waals surface area contributed by atoms with E-state index in [9.17, 15) is 43.5 Å². The average Bonchev–Trinajstić information content (AvgIpc) is 4.27. The van der Waals surface area contributed by atoms with Crippen LogP contribution in [0.1, 0.15) is 90.7 Å². The fourth-order valence-corrected chi connectivity index (χ4v) is 10.5. The van der Waals surface area contributed by atoms with Gasteiger partial charge in [0.25, 0.3) is 0 Å². The van der Waals surface area contributed by atoms with Gasteiger partial charge in [-0.3, -0.25) is 35.1 Å². The van der Waals surface area contributed by atoms with E-state index in [2.05, 4.69) is 59.7 Å². The maximum atomic E-state index is 14.4. The van der Waals surface area contributed by atoms with Crippen molar-refractivity contribution >= 4 is 92.7 Å². The molecule has 3 aliphatic rings. The molecule has 2 fully saturated rings. The number of hydrogen-bond donors (Lipinski definition) is 9. The largest absolute Gasteiger partial charge is 0.495 e. The molecular formula is C57H79BrClN9O14. The van der Waals surface area contributed by atoms with Gasteiger partial charge in [0, 0.05) is 61.9 Å². The van der Waals surface area contributed by atoms with Gasteiger partial charge < -0.3 is 65.5 Å². The van der Waals surface area contributed by atoms with Crippen molar-refractivity contribution in [2.75, 3.05) is 55.2 Å². The molecule has 4 bridgehead atoms. The summed E-state index contributed by atoms with van der Waals surface area (Å²) in [5, 5.41) is 31.7. The van der Waals surface area contributed by atoms with E-state index >= 15 is 0 Å². The molecule has 2 aromatic rings. The first kappa shape index (κ1) is 66.2. The predicted octanol–water partition coefficient (Wildman–Crippen LogP) is 5.97. The van der Waals surface area contributed by atoms with E-state index in [4.69, 9.17) is 41.0 Å². The normalized spacial score (nSPS) is 24.8. The number of aliphatic hydroxyl groups is 1. The molecule has 82 heavy (non-hydrogen) atoms. The van der Waals surface area contributed by atoms with Crippen molar-refractivity contribution < 1.29 is 67.1 Å². The standard InChI is InChI=1S/C57H79BrClN9O14/c1-31(2)48(63-38(30-69)16-11-12-21-61-50(71)34(5)29-58)52(73)65-40(17-14-22-62-53(60)74)51(72)64-37-19-20-39(33(4)24-37)66-54(75)81-45-27-46(70)68(8)41-25-36(26-42(78-9)47(41)59)23-32(3)15-13-18-44(79-10)57(77)28-43(80-55(76)67-57)35(6)49-56(45,7)82-49/h13,15,18-20,24-26,30-31,35,38,40,43-45,48-49,63,77H,5,11-12,14,16-17,21-23,27-29H2,1-4,6-10H3,(H,61,71)(H,64,72)(H,65,73)(H,66,75)(H,67,76)(H3,60,62,74)/b18-13+,32-15+/t35-,38?,40+,43+,44-,45+,48+,49+,56+,57+/m1/s1. The Kier molecular flexibility index (Phi) is 24.3. The molecule has 3 heterocycles. The van der Waals surface area contributed by atoms with Crippen LogP contribution in [0.25, 0.3) is 0 Å². The van der Waals surface area contributed by atoms with Crippen molar-refractivity contribution in [3.05, 3.63) is 82.4 Å². The number of epoxide rings is 1. The Morgan fingerprint density at radius 1 is 1.04 bits per heavy atom. The first-order valence-corrected chi connectivity index (χ1v) is 28.6. The monoisotopic (exact) mass is 1230 g/mol. The van der Waals surface area contributed by atoms with Gasteiger partial charge in [0.1, 0.15) is 47.0 Å². The molecule has 25 heteroatoms. The van der Waals surface area contributed by atoms with Crippen LogP contribution in [0.2, 0.25) is 5.02 Å². The molecule has 5 rings (SSSR count). The number of alkyl carbamates (subject to hydrolysis) is 1. The smallest absolute Gasteiger partial charge is 0.412 e. The molecule has 450 valence electrons. The summed E-state index contributed by atoms with van der Waals surface area (Å²) in [5.74, 6) is -2.51. The second kappa shape index (κ2) is 30.1. The minimum atomic E-state index is -1.90. The lowest BCUT2D eigenvalue weighted by Gasteiger charge is -2.42. The minimum Gasteiger partial charge on any atom is -0.495 e. The van der Waals surface area contributed by atoms with Crippen molar-refractivity contribution in [2.24, 2.45) is 17.6 Å². The van der Waals surface area contributed by atoms with Crippen LogP contribution in [0.5, 0.6) is 5.75 Å².